The highest BCUT2D eigenvalue weighted by Gasteiger charge is 2.31. The summed E-state index contributed by atoms with van der Waals surface area (Å²) in [6, 6.07) is 1.04. The lowest BCUT2D eigenvalue weighted by Crippen LogP contribution is -2.32. The van der Waals surface area contributed by atoms with E-state index >= 15 is 0 Å². The van der Waals surface area contributed by atoms with E-state index in [-0.39, 0.29) is 23.2 Å². The van der Waals surface area contributed by atoms with Crippen LogP contribution in [-0.4, -0.2) is 34.8 Å². The first kappa shape index (κ1) is 12.8. The van der Waals surface area contributed by atoms with Crippen molar-refractivity contribution in [1.29, 1.82) is 0 Å². The maximum Gasteiger partial charge on any atom is 0.257 e. The minimum atomic E-state index is -0.631. The van der Waals surface area contributed by atoms with Crippen molar-refractivity contribution in [3.63, 3.8) is 0 Å². The fourth-order valence-corrected chi connectivity index (χ4v) is 2.10. The Morgan fingerprint density at radius 3 is 2.89 bits per heavy atom. The number of halogens is 2. The van der Waals surface area contributed by atoms with Crippen LogP contribution in [-0.2, 0) is 4.79 Å². The molecule has 1 saturated heterocycles. The van der Waals surface area contributed by atoms with Gasteiger partial charge in [0.2, 0.25) is 5.91 Å². The van der Waals surface area contributed by atoms with E-state index in [0.29, 0.717) is 13.0 Å². The lowest BCUT2D eigenvalue weighted by molar-refractivity contribution is -0.121. The number of hydrogen-bond donors (Lipinski definition) is 1. The normalized spacial score (nSPS) is 19.0. The largest absolute Gasteiger partial charge is 0.369 e. The van der Waals surface area contributed by atoms with E-state index in [1.54, 1.807) is 0 Å². The summed E-state index contributed by atoms with van der Waals surface area (Å²) in [6.07, 6.45) is 1.46. The van der Waals surface area contributed by atoms with E-state index in [0.717, 1.165) is 12.3 Å². The van der Waals surface area contributed by atoms with Gasteiger partial charge in [-0.3, -0.25) is 9.59 Å². The van der Waals surface area contributed by atoms with Crippen molar-refractivity contribution in [2.45, 2.75) is 6.42 Å². The van der Waals surface area contributed by atoms with Gasteiger partial charge in [-0.2, -0.15) is 0 Å². The van der Waals surface area contributed by atoms with E-state index < -0.39 is 17.6 Å². The summed E-state index contributed by atoms with van der Waals surface area (Å²) >= 11 is 5.75. The van der Waals surface area contributed by atoms with Crippen LogP contribution in [0, 0.1) is 11.7 Å². The summed E-state index contributed by atoms with van der Waals surface area (Å²) in [6.45, 7) is 0.639. The van der Waals surface area contributed by atoms with Crippen LogP contribution < -0.4 is 5.73 Å². The van der Waals surface area contributed by atoms with Crippen LogP contribution in [0.5, 0.6) is 0 Å². The van der Waals surface area contributed by atoms with Crippen molar-refractivity contribution < 1.29 is 14.0 Å². The Hall–Kier alpha value is -1.69. The number of primary amides is 1. The average molecular weight is 272 g/mol. The first-order chi connectivity index (χ1) is 8.49. The van der Waals surface area contributed by atoms with Gasteiger partial charge in [-0.1, -0.05) is 11.6 Å². The number of pyridine rings is 1. The number of rotatable bonds is 2. The molecule has 0 radical (unpaired) electrons. The lowest BCUT2D eigenvalue weighted by atomic mass is 10.1. The maximum atomic E-state index is 13.0. The standard InChI is InChI=1S/C11H11ClFN3O2/c12-9-8(3-7(13)4-15-9)11(18)16-2-1-6(5-16)10(14)17/h3-4,6H,1-2,5H2,(H2,14,17). The van der Waals surface area contributed by atoms with Crippen molar-refractivity contribution >= 4 is 23.4 Å². The molecular weight excluding hydrogens is 261 g/mol. The molecule has 7 heteroatoms. The minimum Gasteiger partial charge on any atom is -0.369 e. The van der Waals surface area contributed by atoms with Gasteiger partial charge in [0, 0.05) is 13.1 Å². The summed E-state index contributed by atoms with van der Waals surface area (Å²) in [5.41, 5.74) is 5.18. The van der Waals surface area contributed by atoms with Gasteiger partial charge in [0.05, 0.1) is 17.7 Å². The number of carbonyl (C=O) groups is 2. The SMILES string of the molecule is NC(=O)C1CCN(C(=O)c2cc(F)cnc2Cl)C1. The minimum absolute atomic E-state index is 0.00165. The van der Waals surface area contributed by atoms with Gasteiger partial charge in [-0.15, -0.1) is 0 Å². The molecule has 1 unspecified atom stereocenters. The molecular formula is C11H11ClFN3O2. The number of nitrogens with zero attached hydrogens (tertiary/aromatic N) is 2. The van der Waals surface area contributed by atoms with Gasteiger partial charge in [0.25, 0.3) is 5.91 Å². The van der Waals surface area contributed by atoms with E-state index in [1.807, 2.05) is 0 Å². The summed E-state index contributed by atoms with van der Waals surface area (Å²) in [5, 5.41) is -0.0519. The van der Waals surface area contributed by atoms with Crippen LogP contribution in [0.1, 0.15) is 16.8 Å². The van der Waals surface area contributed by atoms with E-state index in [2.05, 4.69) is 4.98 Å². The molecule has 1 aliphatic rings. The van der Waals surface area contributed by atoms with Crippen LogP contribution in [0.3, 0.4) is 0 Å². The zero-order valence-electron chi connectivity index (χ0n) is 9.40. The van der Waals surface area contributed by atoms with Crippen molar-refractivity contribution in [2.24, 2.45) is 11.7 Å². The van der Waals surface area contributed by atoms with Gasteiger partial charge in [0.1, 0.15) is 11.0 Å². The molecule has 18 heavy (non-hydrogen) atoms. The second-order valence-electron chi connectivity index (χ2n) is 4.13. The Balaban J connectivity index is 2.17. The second-order valence-corrected chi connectivity index (χ2v) is 4.49. The number of likely N-dealkylation sites (tertiary alicyclic amines) is 1. The number of hydrogen-bond acceptors (Lipinski definition) is 3. The van der Waals surface area contributed by atoms with E-state index in [4.69, 9.17) is 17.3 Å². The van der Waals surface area contributed by atoms with Gasteiger partial charge in [-0.05, 0) is 12.5 Å². The van der Waals surface area contributed by atoms with Crippen LogP contribution >= 0.6 is 11.6 Å². The molecule has 1 atom stereocenters. The Kier molecular flexibility index (Phi) is 3.47. The topological polar surface area (TPSA) is 76.3 Å². The third kappa shape index (κ3) is 2.43. The van der Waals surface area contributed by atoms with E-state index in [9.17, 15) is 14.0 Å². The second kappa shape index (κ2) is 4.89. The fourth-order valence-electron chi connectivity index (χ4n) is 1.92. The van der Waals surface area contributed by atoms with Gasteiger partial charge >= 0.3 is 0 Å². The molecule has 1 aromatic rings. The molecule has 5 nitrogen and oxygen atoms in total. The van der Waals surface area contributed by atoms with Crippen LogP contribution in [0.2, 0.25) is 5.15 Å². The monoisotopic (exact) mass is 271 g/mol. The maximum absolute atomic E-state index is 13.0. The third-order valence-corrected chi connectivity index (χ3v) is 3.22. The molecule has 1 fully saturated rings. The zero-order chi connectivity index (χ0) is 13.3. The summed E-state index contributed by atoms with van der Waals surface area (Å²) < 4.78 is 13.0. The highest BCUT2D eigenvalue weighted by molar-refractivity contribution is 6.32. The number of carbonyl (C=O) groups excluding carboxylic acids is 2. The highest BCUT2D eigenvalue weighted by atomic mass is 35.5. The molecule has 0 aromatic carbocycles. The third-order valence-electron chi connectivity index (χ3n) is 2.91. The Morgan fingerprint density at radius 1 is 1.56 bits per heavy atom. The summed E-state index contributed by atoms with van der Waals surface area (Å²) in [4.78, 5) is 28.1. The molecule has 1 aromatic heterocycles. The first-order valence-electron chi connectivity index (χ1n) is 5.38. The molecule has 0 spiro atoms. The van der Waals surface area contributed by atoms with Crippen molar-refractivity contribution in [2.75, 3.05) is 13.1 Å². The predicted octanol–water partition coefficient (Wildman–Crippen LogP) is 0.821. The first-order valence-corrected chi connectivity index (χ1v) is 5.76. The smallest absolute Gasteiger partial charge is 0.257 e. The molecule has 1 aliphatic heterocycles. The molecule has 2 heterocycles. The zero-order valence-corrected chi connectivity index (χ0v) is 10.2. The van der Waals surface area contributed by atoms with Crippen LogP contribution in [0.4, 0.5) is 4.39 Å². The molecule has 0 saturated carbocycles. The summed E-state index contributed by atoms with van der Waals surface area (Å²) in [5.74, 6) is -1.85. The molecule has 2 amide bonds. The van der Waals surface area contributed by atoms with Crippen molar-refractivity contribution in [1.82, 2.24) is 9.88 Å². The predicted molar refractivity (Wildman–Crippen MR) is 62.4 cm³/mol. The lowest BCUT2D eigenvalue weighted by Gasteiger charge is -2.16. The van der Waals surface area contributed by atoms with E-state index in [1.165, 1.54) is 4.90 Å². The van der Waals surface area contributed by atoms with Crippen molar-refractivity contribution in [3.8, 4) is 0 Å². The van der Waals surface area contributed by atoms with Crippen molar-refractivity contribution in [3.05, 3.63) is 28.8 Å². The Morgan fingerprint density at radius 2 is 2.28 bits per heavy atom. The quantitative estimate of drug-likeness (QED) is 0.809. The van der Waals surface area contributed by atoms with Crippen LogP contribution in [0.25, 0.3) is 0 Å². The molecule has 2 rings (SSSR count). The molecule has 2 N–H and O–H groups in total. The number of nitrogens with two attached hydrogens (primary N) is 1. The summed E-state index contributed by atoms with van der Waals surface area (Å²) in [7, 11) is 0. The fraction of sp³-hybridized carbons (Fsp3) is 0.364. The van der Waals surface area contributed by atoms with Gasteiger partial charge in [0.15, 0.2) is 0 Å². The highest BCUT2D eigenvalue weighted by Crippen LogP contribution is 2.21. The Bertz CT molecular complexity index is 509. The Labute approximate surface area is 108 Å². The number of amides is 2. The average Bonchev–Trinajstić information content (AvgIpc) is 2.81. The van der Waals surface area contributed by atoms with Gasteiger partial charge < -0.3 is 10.6 Å². The molecule has 0 bridgehead atoms. The number of aromatic nitrogens is 1. The molecule has 0 aliphatic carbocycles. The molecule has 96 valence electrons. The van der Waals surface area contributed by atoms with Crippen LogP contribution in [0.15, 0.2) is 12.3 Å². The van der Waals surface area contributed by atoms with Gasteiger partial charge in [-0.25, -0.2) is 9.37 Å².